The Morgan fingerprint density at radius 3 is 3.00 bits per heavy atom. The second-order valence-electron chi connectivity index (χ2n) is 5.34. The molecule has 0 bridgehead atoms. The summed E-state index contributed by atoms with van der Waals surface area (Å²) >= 11 is 0. The molecule has 2 atom stereocenters. The molecule has 0 aromatic heterocycles. The van der Waals surface area contributed by atoms with Crippen molar-refractivity contribution in [2.45, 2.75) is 25.8 Å². The molecule has 1 fully saturated rings. The van der Waals surface area contributed by atoms with Crippen molar-refractivity contribution in [2.24, 2.45) is 11.7 Å². The molecule has 0 saturated carbocycles. The van der Waals surface area contributed by atoms with Gasteiger partial charge in [-0.2, -0.15) is 0 Å². The fourth-order valence-corrected chi connectivity index (χ4v) is 2.57. The molecule has 1 heterocycles. The highest BCUT2D eigenvalue weighted by molar-refractivity contribution is 5.23. The Hall–Kier alpha value is -1.13. The van der Waals surface area contributed by atoms with E-state index in [1.807, 2.05) is 0 Å². The summed E-state index contributed by atoms with van der Waals surface area (Å²) in [6.07, 6.45) is 2.40. The topological polar surface area (TPSA) is 38.5 Å². The number of benzene rings is 1. The standard InChI is InChI=1S/C15H23FN2O/c1-12(17)13-5-4-8-18(11-13)9-10-19-15-7-3-2-6-14(15)16/h2-3,6-7,12-13H,4-5,8-11,17H2,1H3. The first-order valence-electron chi connectivity index (χ1n) is 7.02. The van der Waals surface area contributed by atoms with Crippen LogP contribution < -0.4 is 10.5 Å². The molecule has 2 N–H and O–H groups in total. The highest BCUT2D eigenvalue weighted by atomic mass is 19.1. The molecule has 1 aliphatic heterocycles. The Morgan fingerprint density at radius 1 is 1.47 bits per heavy atom. The number of rotatable bonds is 5. The molecule has 19 heavy (non-hydrogen) atoms. The molecule has 3 nitrogen and oxygen atoms in total. The number of likely N-dealkylation sites (tertiary alicyclic amines) is 1. The summed E-state index contributed by atoms with van der Waals surface area (Å²) in [7, 11) is 0. The molecule has 0 aliphatic carbocycles. The van der Waals surface area contributed by atoms with E-state index in [2.05, 4.69) is 11.8 Å². The van der Waals surface area contributed by atoms with Crippen LogP contribution in [0.25, 0.3) is 0 Å². The first kappa shape index (κ1) is 14.3. The van der Waals surface area contributed by atoms with Crippen LogP contribution >= 0.6 is 0 Å². The number of piperidine rings is 1. The minimum absolute atomic E-state index is 0.246. The maximum atomic E-state index is 13.4. The SMILES string of the molecule is CC(N)C1CCCN(CCOc2ccccc2F)C1. The maximum Gasteiger partial charge on any atom is 0.165 e. The number of nitrogens with two attached hydrogens (primary N) is 1. The normalized spacial score (nSPS) is 22.2. The second-order valence-corrected chi connectivity index (χ2v) is 5.34. The van der Waals surface area contributed by atoms with Crippen LogP contribution in [0.3, 0.4) is 0 Å². The number of halogens is 1. The predicted octanol–water partition coefficient (Wildman–Crippen LogP) is 2.26. The molecule has 1 aromatic carbocycles. The Balaban J connectivity index is 1.75. The van der Waals surface area contributed by atoms with Gasteiger partial charge in [-0.05, 0) is 44.4 Å². The molecule has 1 saturated heterocycles. The molecular formula is C15H23FN2O. The Kier molecular flexibility index (Phi) is 5.16. The minimum atomic E-state index is -0.297. The third kappa shape index (κ3) is 4.18. The van der Waals surface area contributed by atoms with Crippen molar-refractivity contribution in [1.82, 2.24) is 4.90 Å². The smallest absolute Gasteiger partial charge is 0.165 e. The molecule has 4 heteroatoms. The number of hydrogen-bond acceptors (Lipinski definition) is 3. The van der Waals surface area contributed by atoms with Gasteiger partial charge in [-0.3, -0.25) is 4.90 Å². The minimum Gasteiger partial charge on any atom is -0.489 e. The molecule has 1 aliphatic rings. The van der Waals surface area contributed by atoms with Gasteiger partial charge in [0.25, 0.3) is 0 Å². The van der Waals surface area contributed by atoms with Gasteiger partial charge in [0.15, 0.2) is 11.6 Å². The first-order chi connectivity index (χ1) is 9.16. The molecule has 106 valence electrons. The summed E-state index contributed by atoms with van der Waals surface area (Å²) in [6.45, 7) is 5.54. The average Bonchev–Trinajstić information content (AvgIpc) is 2.41. The zero-order valence-corrected chi connectivity index (χ0v) is 11.5. The van der Waals surface area contributed by atoms with Crippen LogP contribution in [-0.2, 0) is 0 Å². The van der Waals surface area contributed by atoms with E-state index in [4.69, 9.17) is 10.5 Å². The summed E-state index contributed by atoms with van der Waals surface area (Å²) in [6, 6.07) is 6.78. The lowest BCUT2D eigenvalue weighted by molar-refractivity contribution is 0.136. The van der Waals surface area contributed by atoms with Gasteiger partial charge in [-0.15, -0.1) is 0 Å². The average molecular weight is 266 g/mol. The largest absolute Gasteiger partial charge is 0.489 e. The van der Waals surface area contributed by atoms with E-state index in [0.717, 1.165) is 19.6 Å². The van der Waals surface area contributed by atoms with Gasteiger partial charge in [0.2, 0.25) is 0 Å². The Morgan fingerprint density at radius 2 is 2.26 bits per heavy atom. The summed E-state index contributed by atoms with van der Waals surface area (Å²) in [5, 5.41) is 0. The molecular weight excluding hydrogens is 243 g/mol. The van der Waals surface area contributed by atoms with E-state index >= 15 is 0 Å². The highest BCUT2D eigenvalue weighted by Crippen LogP contribution is 2.19. The third-order valence-electron chi connectivity index (χ3n) is 3.79. The van der Waals surface area contributed by atoms with Gasteiger partial charge < -0.3 is 10.5 Å². The molecule has 2 rings (SSSR count). The van der Waals surface area contributed by atoms with Gasteiger partial charge in [0.05, 0.1) is 0 Å². The van der Waals surface area contributed by atoms with E-state index in [1.165, 1.54) is 18.9 Å². The van der Waals surface area contributed by atoms with Crippen molar-refractivity contribution in [3.63, 3.8) is 0 Å². The van der Waals surface area contributed by atoms with Gasteiger partial charge in [0.1, 0.15) is 6.61 Å². The number of ether oxygens (including phenoxy) is 1. The lowest BCUT2D eigenvalue weighted by Crippen LogP contribution is -2.43. The number of hydrogen-bond donors (Lipinski definition) is 1. The van der Waals surface area contributed by atoms with Crippen molar-refractivity contribution in [1.29, 1.82) is 0 Å². The predicted molar refractivity (Wildman–Crippen MR) is 74.7 cm³/mol. The van der Waals surface area contributed by atoms with Crippen LogP contribution in [-0.4, -0.2) is 37.2 Å². The molecule has 1 aromatic rings. The van der Waals surface area contributed by atoms with Crippen LogP contribution in [0.2, 0.25) is 0 Å². The lowest BCUT2D eigenvalue weighted by atomic mass is 9.92. The fourth-order valence-electron chi connectivity index (χ4n) is 2.57. The highest BCUT2D eigenvalue weighted by Gasteiger charge is 2.22. The third-order valence-corrected chi connectivity index (χ3v) is 3.79. The van der Waals surface area contributed by atoms with Gasteiger partial charge >= 0.3 is 0 Å². The second kappa shape index (κ2) is 6.87. The first-order valence-corrected chi connectivity index (χ1v) is 7.02. The summed E-state index contributed by atoms with van der Waals surface area (Å²) in [5.74, 6) is 0.611. The summed E-state index contributed by atoms with van der Waals surface area (Å²) in [5.41, 5.74) is 5.96. The summed E-state index contributed by atoms with van der Waals surface area (Å²) < 4.78 is 18.9. The van der Waals surface area contributed by atoms with Crippen molar-refractivity contribution in [3.05, 3.63) is 30.1 Å². The van der Waals surface area contributed by atoms with Crippen LogP contribution in [0.15, 0.2) is 24.3 Å². The van der Waals surface area contributed by atoms with Gasteiger partial charge in [-0.25, -0.2) is 4.39 Å². The number of para-hydroxylation sites is 1. The molecule has 0 spiro atoms. The van der Waals surface area contributed by atoms with Crippen LogP contribution in [0.5, 0.6) is 5.75 Å². The van der Waals surface area contributed by atoms with E-state index in [1.54, 1.807) is 18.2 Å². The van der Waals surface area contributed by atoms with Crippen molar-refractivity contribution >= 4 is 0 Å². The Bertz CT molecular complexity index is 397. The quantitative estimate of drug-likeness (QED) is 0.888. The van der Waals surface area contributed by atoms with Crippen molar-refractivity contribution < 1.29 is 9.13 Å². The molecule has 0 amide bonds. The van der Waals surface area contributed by atoms with E-state index in [0.29, 0.717) is 18.3 Å². The fraction of sp³-hybridized carbons (Fsp3) is 0.600. The molecule has 2 unspecified atom stereocenters. The van der Waals surface area contributed by atoms with E-state index < -0.39 is 0 Å². The monoisotopic (exact) mass is 266 g/mol. The zero-order valence-electron chi connectivity index (χ0n) is 11.5. The maximum absolute atomic E-state index is 13.4. The Labute approximate surface area is 114 Å². The molecule has 0 radical (unpaired) electrons. The summed E-state index contributed by atoms with van der Waals surface area (Å²) in [4.78, 5) is 2.36. The number of nitrogens with zero attached hydrogens (tertiary/aromatic N) is 1. The lowest BCUT2D eigenvalue weighted by Gasteiger charge is -2.34. The van der Waals surface area contributed by atoms with Crippen LogP contribution in [0, 0.1) is 11.7 Å². The van der Waals surface area contributed by atoms with E-state index in [9.17, 15) is 4.39 Å². The van der Waals surface area contributed by atoms with Gasteiger partial charge in [0, 0.05) is 19.1 Å². The van der Waals surface area contributed by atoms with Crippen LogP contribution in [0.1, 0.15) is 19.8 Å². The zero-order chi connectivity index (χ0) is 13.7. The van der Waals surface area contributed by atoms with Gasteiger partial charge in [-0.1, -0.05) is 12.1 Å². The van der Waals surface area contributed by atoms with Crippen LogP contribution in [0.4, 0.5) is 4.39 Å². The van der Waals surface area contributed by atoms with Crippen molar-refractivity contribution in [3.8, 4) is 5.75 Å². The van der Waals surface area contributed by atoms with E-state index in [-0.39, 0.29) is 11.9 Å². The van der Waals surface area contributed by atoms with Crippen molar-refractivity contribution in [2.75, 3.05) is 26.2 Å².